The number of nitrogens with one attached hydrogen (secondary N) is 1. The molecular weight excluding hydrogens is 351 g/mol. The number of carbonyl (C=O) groups is 1. The third-order valence-electron chi connectivity index (χ3n) is 3.80. The lowest BCUT2D eigenvalue weighted by Crippen LogP contribution is -2.13. The van der Waals surface area contributed by atoms with Gasteiger partial charge in [-0.1, -0.05) is 6.07 Å². The normalized spacial score (nSPS) is 10.8. The van der Waals surface area contributed by atoms with Crippen molar-refractivity contribution in [3.05, 3.63) is 71.1 Å². The zero-order valence-corrected chi connectivity index (χ0v) is 14.5. The van der Waals surface area contributed by atoms with E-state index >= 15 is 0 Å². The van der Waals surface area contributed by atoms with Gasteiger partial charge in [0, 0.05) is 22.7 Å². The van der Waals surface area contributed by atoms with Crippen LogP contribution in [-0.4, -0.2) is 20.9 Å². The Morgan fingerprint density at radius 3 is 2.81 bits per heavy atom. The third kappa shape index (κ3) is 3.16. The van der Waals surface area contributed by atoms with Crippen molar-refractivity contribution in [1.29, 1.82) is 0 Å². The molecule has 7 heteroatoms. The van der Waals surface area contributed by atoms with Crippen LogP contribution in [-0.2, 0) is 0 Å². The first-order valence-corrected chi connectivity index (χ1v) is 8.73. The van der Waals surface area contributed by atoms with Gasteiger partial charge in [0.15, 0.2) is 5.13 Å². The Morgan fingerprint density at radius 2 is 2.00 bits per heavy atom. The second kappa shape index (κ2) is 6.61. The smallest absolute Gasteiger partial charge is 0.258 e. The summed E-state index contributed by atoms with van der Waals surface area (Å²) in [5.41, 5.74) is 3.04. The molecule has 3 aromatic heterocycles. The van der Waals surface area contributed by atoms with Crippen LogP contribution in [0.4, 0.5) is 9.52 Å². The largest absolute Gasteiger partial charge is 0.298 e. The van der Waals surface area contributed by atoms with Crippen LogP contribution in [0.25, 0.3) is 22.3 Å². The standard InChI is InChI=1S/C19H13FN4OS/c1-11-8-14(13-9-12(20)5-6-15(13)22-11)18(25)24-19-23-17(10-26-19)16-4-2-3-7-21-16/h2-10H,1H3,(H,23,24,25). The van der Waals surface area contributed by atoms with E-state index < -0.39 is 5.82 Å². The average Bonchev–Trinajstić information content (AvgIpc) is 3.10. The Kier molecular flexibility index (Phi) is 4.14. The highest BCUT2D eigenvalue weighted by Crippen LogP contribution is 2.25. The molecule has 3 heterocycles. The predicted molar refractivity (Wildman–Crippen MR) is 99.7 cm³/mol. The van der Waals surface area contributed by atoms with E-state index in [0.717, 1.165) is 5.69 Å². The lowest BCUT2D eigenvalue weighted by Gasteiger charge is -2.07. The summed E-state index contributed by atoms with van der Waals surface area (Å²) in [5, 5.41) is 5.53. The molecule has 0 fully saturated rings. The van der Waals surface area contributed by atoms with E-state index in [2.05, 4.69) is 20.3 Å². The zero-order valence-electron chi connectivity index (χ0n) is 13.7. The number of hydrogen-bond donors (Lipinski definition) is 1. The van der Waals surface area contributed by atoms with Gasteiger partial charge < -0.3 is 0 Å². The summed E-state index contributed by atoms with van der Waals surface area (Å²) in [4.78, 5) is 25.7. The van der Waals surface area contributed by atoms with Crippen LogP contribution in [0, 0.1) is 12.7 Å². The molecule has 0 saturated heterocycles. The van der Waals surface area contributed by atoms with Crippen molar-refractivity contribution >= 4 is 33.3 Å². The lowest BCUT2D eigenvalue weighted by molar-refractivity contribution is 0.102. The fourth-order valence-electron chi connectivity index (χ4n) is 2.65. The number of hydrogen-bond acceptors (Lipinski definition) is 5. The Morgan fingerprint density at radius 1 is 1.12 bits per heavy atom. The number of nitrogens with zero attached hydrogens (tertiary/aromatic N) is 3. The van der Waals surface area contributed by atoms with Crippen molar-refractivity contribution in [2.45, 2.75) is 6.92 Å². The number of thiazole rings is 1. The summed E-state index contributed by atoms with van der Waals surface area (Å²) in [6, 6.07) is 11.4. The molecule has 0 radical (unpaired) electrons. The summed E-state index contributed by atoms with van der Waals surface area (Å²) in [6.45, 7) is 1.79. The highest BCUT2D eigenvalue weighted by Gasteiger charge is 2.15. The van der Waals surface area contributed by atoms with Gasteiger partial charge in [-0.2, -0.15) is 0 Å². The van der Waals surface area contributed by atoms with Crippen LogP contribution in [0.3, 0.4) is 0 Å². The first-order valence-electron chi connectivity index (χ1n) is 7.85. The molecule has 0 unspecified atom stereocenters. The van der Waals surface area contributed by atoms with Gasteiger partial charge in [0.25, 0.3) is 5.91 Å². The van der Waals surface area contributed by atoms with Crippen molar-refractivity contribution in [2.24, 2.45) is 0 Å². The van der Waals surface area contributed by atoms with Crippen molar-refractivity contribution in [2.75, 3.05) is 5.32 Å². The molecule has 1 amide bonds. The minimum Gasteiger partial charge on any atom is -0.298 e. The average molecular weight is 364 g/mol. The Bertz CT molecular complexity index is 1110. The van der Waals surface area contributed by atoms with Crippen LogP contribution in [0.1, 0.15) is 16.1 Å². The fraction of sp³-hybridized carbons (Fsp3) is 0.0526. The summed E-state index contributed by atoms with van der Waals surface area (Å²) in [5.74, 6) is -0.767. The van der Waals surface area contributed by atoms with E-state index in [1.165, 1.54) is 23.5 Å². The summed E-state index contributed by atoms with van der Waals surface area (Å²) in [7, 11) is 0. The number of anilines is 1. The van der Waals surface area contributed by atoms with Crippen LogP contribution in [0.15, 0.2) is 54.0 Å². The minimum atomic E-state index is -0.413. The van der Waals surface area contributed by atoms with Gasteiger partial charge in [0.05, 0.1) is 16.8 Å². The maximum absolute atomic E-state index is 13.6. The second-order valence-electron chi connectivity index (χ2n) is 5.68. The van der Waals surface area contributed by atoms with E-state index in [9.17, 15) is 9.18 Å². The Labute approximate surface area is 152 Å². The molecule has 0 aliphatic rings. The van der Waals surface area contributed by atoms with E-state index in [4.69, 9.17) is 0 Å². The van der Waals surface area contributed by atoms with Crippen LogP contribution in [0.5, 0.6) is 0 Å². The number of pyridine rings is 2. The molecule has 0 saturated carbocycles. The quantitative estimate of drug-likeness (QED) is 0.583. The topological polar surface area (TPSA) is 67.8 Å². The van der Waals surface area contributed by atoms with Crippen LogP contribution >= 0.6 is 11.3 Å². The molecule has 0 spiro atoms. The van der Waals surface area contributed by atoms with E-state index in [1.54, 1.807) is 25.3 Å². The summed E-state index contributed by atoms with van der Waals surface area (Å²) in [6.07, 6.45) is 1.69. The maximum Gasteiger partial charge on any atom is 0.258 e. The summed E-state index contributed by atoms with van der Waals surface area (Å²) < 4.78 is 13.6. The molecule has 1 N–H and O–H groups in total. The first-order chi connectivity index (χ1) is 12.6. The van der Waals surface area contributed by atoms with Crippen molar-refractivity contribution in [1.82, 2.24) is 15.0 Å². The molecule has 128 valence electrons. The van der Waals surface area contributed by atoms with E-state index in [0.29, 0.717) is 33.0 Å². The third-order valence-corrected chi connectivity index (χ3v) is 4.55. The molecule has 0 atom stereocenters. The van der Waals surface area contributed by atoms with Gasteiger partial charge in [0.2, 0.25) is 0 Å². The molecule has 0 bridgehead atoms. The Balaban J connectivity index is 1.66. The molecule has 0 aliphatic heterocycles. The Hall–Kier alpha value is -3.19. The second-order valence-corrected chi connectivity index (χ2v) is 6.54. The van der Waals surface area contributed by atoms with E-state index in [1.807, 2.05) is 23.6 Å². The highest BCUT2D eigenvalue weighted by atomic mass is 32.1. The lowest BCUT2D eigenvalue weighted by atomic mass is 10.1. The molecule has 4 aromatic rings. The number of benzene rings is 1. The molecular formula is C19H13FN4OS. The van der Waals surface area contributed by atoms with Gasteiger partial charge in [-0.15, -0.1) is 11.3 Å². The predicted octanol–water partition coefficient (Wildman–Crippen LogP) is 4.45. The summed E-state index contributed by atoms with van der Waals surface area (Å²) >= 11 is 1.31. The molecule has 5 nitrogen and oxygen atoms in total. The monoisotopic (exact) mass is 364 g/mol. The number of aromatic nitrogens is 3. The number of halogens is 1. The van der Waals surface area contributed by atoms with Crippen molar-refractivity contribution in [3.63, 3.8) is 0 Å². The molecule has 4 rings (SSSR count). The highest BCUT2D eigenvalue weighted by molar-refractivity contribution is 7.14. The molecule has 1 aromatic carbocycles. The first kappa shape index (κ1) is 16.3. The van der Waals surface area contributed by atoms with Crippen molar-refractivity contribution < 1.29 is 9.18 Å². The number of carbonyl (C=O) groups excluding carboxylic acids is 1. The van der Waals surface area contributed by atoms with Crippen LogP contribution in [0.2, 0.25) is 0 Å². The van der Waals surface area contributed by atoms with Gasteiger partial charge >= 0.3 is 0 Å². The number of aryl methyl sites for hydroxylation is 1. The van der Waals surface area contributed by atoms with Gasteiger partial charge in [-0.25, -0.2) is 9.37 Å². The number of fused-ring (bicyclic) bond motifs is 1. The molecule has 26 heavy (non-hydrogen) atoms. The van der Waals surface area contributed by atoms with E-state index in [-0.39, 0.29) is 5.91 Å². The fourth-order valence-corrected chi connectivity index (χ4v) is 3.35. The van der Waals surface area contributed by atoms with Gasteiger partial charge in [-0.3, -0.25) is 20.1 Å². The number of rotatable bonds is 3. The minimum absolute atomic E-state index is 0.354. The maximum atomic E-state index is 13.6. The zero-order chi connectivity index (χ0) is 18.1. The molecule has 0 aliphatic carbocycles. The van der Waals surface area contributed by atoms with Gasteiger partial charge in [0.1, 0.15) is 11.5 Å². The number of amides is 1. The van der Waals surface area contributed by atoms with Gasteiger partial charge in [-0.05, 0) is 43.3 Å². The van der Waals surface area contributed by atoms with Crippen LogP contribution < -0.4 is 5.32 Å². The van der Waals surface area contributed by atoms with Crippen molar-refractivity contribution in [3.8, 4) is 11.4 Å². The SMILES string of the molecule is Cc1cc(C(=O)Nc2nc(-c3ccccn3)cs2)c2cc(F)ccc2n1.